The van der Waals surface area contributed by atoms with E-state index in [1.165, 1.54) is 0 Å². The van der Waals surface area contributed by atoms with Crippen LogP contribution in [-0.2, 0) is 0 Å². The van der Waals surface area contributed by atoms with Crippen LogP contribution < -0.4 is 10.1 Å². The van der Waals surface area contributed by atoms with Gasteiger partial charge in [0, 0.05) is 17.6 Å². The van der Waals surface area contributed by atoms with E-state index >= 15 is 0 Å². The van der Waals surface area contributed by atoms with E-state index in [1.54, 1.807) is 7.11 Å². The summed E-state index contributed by atoms with van der Waals surface area (Å²) in [4.78, 5) is 0. The van der Waals surface area contributed by atoms with Crippen LogP contribution in [0.3, 0.4) is 0 Å². The molecule has 1 unspecified atom stereocenters. The first-order valence-corrected chi connectivity index (χ1v) is 7.03. The van der Waals surface area contributed by atoms with Gasteiger partial charge in [-0.3, -0.25) is 0 Å². The van der Waals surface area contributed by atoms with Crippen LogP contribution in [0.25, 0.3) is 0 Å². The van der Waals surface area contributed by atoms with Gasteiger partial charge in [0.2, 0.25) is 0 Å². The number of aryl methyl sites for hydroxylation is 1. The quantitative estimate of drug-likeness (QED) is 0.795. The minimum atomic E-state index is -0.549. The summed E-state index contributed by atoms with van der Waals surface area (Å²) < 4.78 is 5.32. The molecular formula is C16H27NO2. The number of rotatable bonds is 7. The largest absolute Gasteiger partial charge is 0.496 e. The van der Waals surface area contributed by atoms with Gasteiger partial charge in [-0.05, 0) is 38.8 Å². The lowest BCUT2D eigenvalue weighted by molar-refractivity contribution is 0.152. The Balaban J connectivity index is 2.78. The number of hydrogen-bond donors (Lipinski definition) is 2. The van der Waals surface area contributed by atoms with Crippen molar-refractivity contribution >= 4 is 0 Å². The normalized spacial score (nSPS) is 13.4. The highest BCUT2D eigenvalue weighted by Crippen LogP contribution is 2.26. The summed E-state index contributed by atoms with van der Waals surface area (Å²) in [6.45, 7) is 9.07. The molecule has 1 atom stereocenters. The molecule has 0 saturated heterocycles. The van der Waals surface area contributed by atoms with Crippen molar-refractivity contribution in [2.24, 2.45) is 0 Å². The zero-order valence-electron chi connectivity index (χ0n) is 12.8. The van der Waals surface area contributed by atoms with E-state index in [4.69, 9.17) is 4.74 Å². The number of methoxy groups -OCH3 is 1. The maximum absolute atomic E-state index is 10.4. The van der Waals surface area contributed by atoms with Crippen LogP contribution in [0.1, 0.15) is 50.8 Å². The van der Waals surface area contributed by atoms with Gasteiger partial charge in [0.15, 0.2) is 0 Å². The van der Waals surface area contributed by atoms with Crippen molar-refractivity contribution in [3.63, 3.8) is 0 Å². The van der Waals surface area contributed by atoms with Crippen LogP contribution in [0.4, 0.5) is 0 Å². The van der Waals surface area contributed by atoms with Crippen molar-refractivity contribution in [3.8, 4) is 5.75 Å². The summed E-state index contributed by atoms with van der Waals surface area (Å²) in [5, 5.41) is 13.8. The molecule has 0 heterocycles. The van der Waals surface area contributed by atoms with E-state index in [-0.39, 0.29) is 5.54 Å². The smallest absolute Gasteiger partial charge is 0.124 e. The number of β-amino-alcohol motifs (C(OH)–C–C–N with tert-alkyl or cyclic N) is 1. The lowest BCUT2D eigenvalue weighted by atomic mass is 9.95. The minimum Gasteiger partial charge on any atom is -0.496 e. The van der Waals surface area contributed by atoms with Gasteiger partial charge >= 0.3 is 0 Å². The van der Waals surface area contributed by atoms with Crippen LogP contribution in [0.2, 0.25) is 0 Å². The Bertz CT molecular complexity index is 400. The SMILES string of the molecule is CCC(C)(CC)NCC(O)c1cc(C)ccc1OC. The summed E-state index contributed by atoms with van der Waals surface area (Å²) in [6.07, 6.45) is 1.54. The van der Waals surface area contributed by atoms with Crippen molar-refractivity contribution in [1.82, 2.24) is 5.32 Å². The predicted octanol–water partition coefficient (Wildman–Crippen LogP) is 3.21. The molecule has 0 saturated carbocycles. The average Bonchev–Trinajstić information content (AvgIpc) is 2.44. The fraction of sp³-hybridized carbons (Fsp3) is 0.625. The lowest BCUT2D eigenvalue weighted by Crippen LogP contribution is -2.43. The number of ether oxygens (including phenoxy) is 1. The Morgan fingerprint density at radius 2 is 1.95 bits per heavy atom. The Morgan fingerprint density at radius 3 is 2.47 bits per heavy atom. The van der Waals surface area contributed by atoms with Gasteiger partial charge in [-0.1, -0.05) is 25.5 Å². The summed E-state index contributed by atoms with van der Waals surface area (Å²) in [5.41, 5.74) is 2.06. The molecule has 19 heavy (non-hydrogen) atoms. The van der Waals surface area contributed by atoms with Gasteiger partial charge in [0.05, 0.1) is 13.2 Å². The average molecular weight is 265 g/mol. The minimum absolute atomic E-state index is 0.0814. The van der Waals surface area contributed by atoms with Crippen molar-refractivity contribution in [3.05, 3.63) is 29.3 Å². The second kappa shape index (κ2) is 6.92. The first-order chi connectivity index (χ1) is 8.95. The third kappa shape index (κ3) is 4.22. The molecule has 0 aromatic heterocycles. The van der Waals surface area contributed by atoms with Crippen molar-refractivity contribution < 1.29 is 9.84 Å². The van der Waals surface area contributed by atoms with Gasteiger partial charge in [0.1, 0.15) is 5.75 Å². The Labute approximate surface area is 117 Å². The molecule has 0 bridgehead atoms. The maximum atomic E-state index is 10.4. The molecular weight excluding hydrogens is 238 g/mol. The van der Waals surface area contributed by atoms with Crippen molar-refractivity contribution in [1.29, 1.82) is 0 Å². The number of aliphatic hydroxyl groups excluding tert-OH is 1. The second-order valence-electron chi connectivity index (χ2n) is 5.41. The fourth-order valence-electron chi connectivity index (χ4n) is 2.07. The van der Waals surface area contributed by atoms with E-state index in [1.807, 2.05) is 25.1 Å². The van der Waals surface area contributed by atoms with E-state index in [0.29, 0.717) is 6.54 Å². The molecule has 108 valence electrons. The van der Waals surface area contributed by atoms with Gasteiger partial charge in [0.25, 0.3) is 0 Å². The van der Waals surface area contributed by atoms with Crippen LogP contribution in [0.15, 0.2) is 18.2 Å². The monoisotopic (exact) mass is 265 g/mol. The molecule has 2 N–H and O–H groups in total. The van der Waals surface area contributed by atoms with Gasteiger partial charge in [-0.25, -0.2) is 0 Å². The molecule has 0 fully saturated rings. The van der Waals surface area contributed by atoms with Crippen LogP contribution in [0.5, 0.6) is 5.75 Å². The molecule has 0 spiro atoms. The number of hydrogen-bond acceptors (Lipinski definition) is 3. The molecule has 1 rings (SSSR count). The molecule has 0 aliphatic heterocycles. The van der Waals surface area contributed by atoms with E-state index in [2.05, 4.69) is 26.1 Å². The van der Waals surface area contributed by atoms with Crippen LogP contribution >= 0.6 is 0 Å². The van der Waals surface area contributed by atoms with Crippen molar-refractivity contribution in [2.45, 2.75) is 52.2 Å². The van der Waals surface area contributed by atoms with Gasteiger partial charge in [-0.15, -0.1) is 0 Å². The van der Waals surface area contributed by atoms with Crippen LogP contribution in [0, 0.1) is 6.92 Å². The Morgan fingerprint density at radius 1 is 1.32 bits per heavy atom. The fourth-order valence-corrected chi connectivity index (χ4v) is 2.07. The highest BCUT2D eigenvalue weighted by atomic mass is 16.5. The predicted molar refractivity (Wildman–Crippen MR) is 79.7 cm³/mol. The molecule has 0 radical (unpaired) electrons. The number of benzene rings is 1. The highest BCUT2D eigenvalue weighted by Gasteiger charge is 2.21. The maximum Gasteiger partial charge on any atom is 0.124 e. The first-order valence-electron chi connectivity index (χ1n) is 7.03. The van der Waals surface area contributed by atoms with Gasteiger partial charge in [-0.2, -0.15) is 0 Å². The van der Waals surface area contributed by atoms with Crippen molar-refractivity contribution in [2.75, 3.05) is 13.7 Å². The zero-order valence-corrected chi connectivity index (χ0v) is 12.8. The van der Waals surface area contributed by atoms with E-state index in [9.17, 15) is 5.11 Å². The summed E-state index contributed by atoms with van der Waals surface area (Å²) in [5.74, 6) is 0.745. The topological polar surface area (TPSA) is 41.5 Å². The summed E-state index contributed by atoms with van der Waals surface area (Å²) in [7, 11) is 1.64. The van der Waals surface area contributed by atoms with E-state index in [0.717, 1.165) is 29.7 Å². The molecule has 0 aliphatic carbocycles. The molecule has 3 heteroatoms. The Hall–Kier alpha value is -1.06. The highest BCUT2D eigenvalue weighted by molar-refractivity contribution is 5.38. The molecule has 0 amide bonds. The molecule has 0 aliphatic rings. The second-order valence-corrected chi connectivity index (χ2v) is 5.41. The first kappa shape index (κ1) is 16.0. The number of aliphatic hydroxyl groups is 1. The molecule has 1 aromatic carbocycles. The lowest BCUT2D eigenvalue weighted by Gasteiger charge is -2.30. The molecule has 3 nitrogen and oxygen atoms in total. The Kier molecular flexibility index (Phi) is 5.83. The summed E-state index contributed by atoms with van der Waals surface area (Å²) in [6, 6.07) is 5.89. The summed E-state index contributed by atoms with van der Waals surface area (Å²) >= 11 is 0. The third-order valence-corrected chi connectivity index (χ3v) is 4.03. The van der Waals surface area contributed by atoms with Crippen LogP contribution in [-0.4, -0.2) is 24.3 Å². The third-order valence-electron chi connectivity index (χ3n) is 4.03. The van der Waals surface area contributed by atoms with E-state index < -0.39 is 6.10 Å². The zero-order chi connectivity index (χ0) is 14.5. The standard InChI is InChI=1S/C16H27NO2/c1-6-16(4,7-2)17-11-14(18)13-10-12(3)8-9-15(13)19-5/h8-10,14,17-18H,6-7,11H2,1-5H3. The number of nitrogens with one attached hydrogen (secondary N) is 1. The molecule has 1 aromatic rings. The van der Waals surface area contributed by atoms with Gasteiger partial charge < -0.3 is 15.2 Å².